The highest BCUT2D eigenvalue weighted by molar-refractivity contribution is 5.62. The van der Waals surface area contributed by atoms with E-state index < -0.39 is 18.0 Å². The molecule has 0 aromatic heterocycles. The van der Waals surface area contributed by atoms with Crippen molar-refractivity contribution in [2.24, 2.45) is 5.92 Å². The van der Waals surface area contributed by atoms with Crippen molar-refractivity contribution in [3.63, 3.8) is 0 Å². The summed E-state index contributed by atoms with van der Waals surface area (Å²) in [5.41, 5.74) is 0. The fourth-order valence-corrected chi connectivity index (χ4v) is 1.39. The van der Waals surface area contributed by atoms with E-state index in [1.54, 1.807) is 20.8 Å². The van der Waals surface area contributed by atoms with Gasteiger partial charge in [0, 0.05) is 5.92 Å². The van der Waals surface area contributed by atoms with Crippen molar-refractivity contribution < 1.29 is 19.1 Å². The van der Waals surface area contributed by atoms with E-state index in [1.165, 1.54) is 0 Å². The van der Waals surface area contributed by atoms with Crippen molar-refractivity contribution in [1.29, 1.82) is 0 Å². The molecule has 0 radical (unpaired) electrons. The maximum atomic E-state index is 10.6. The third-order valence-corrected chi connectivity index (χ3v) is 2.14. The minimum atomic E-state index is -0.857. The molecule has 0 bridgehead atoms. The second-order valence-corrected chi connectivity index (χ2v) is 3.70. The Morgan fingerprint density at radius 2 is 1.46 bits per heavy atom. The Morgan fingerprint density at radius 1 is 1.08 bits per heavy atom. The molecular formula is C9H14O4. The third kappa shape index (κ3) is 2.14. The smallest absolute Gasteiger partial charge is 0.164 e. The lowest BCUT2D eigenvalue weighted by Gasteiger charge is -2.40. The van der Waals surface area contributed by atoms with Gasteiger partial charge in [0.05, 0.1) is 0 Å². The third-order valence-electron chi connectivity index (χ3n) is 2.14. The fraction of sp³-hybridized carbons (Fsp3) is 0.778. The van der Waals surface area contributed by atoms with Crippen LogP contribution in [0.4, 0.5) is 0 Å². The molecule has 2 atom stereocenters. The van der Waals surface area contributed by atoms with Gasteiger partial charge in [-0.2, -0.15) is 0 Å². The van der Waals surface area contributed by atoms with Crippen molar-refractivity contribution in [2.45, 2.75) is 38.8 Å². The van der Waals surface area contributed by atoms with Crippen LogP contribution in [0.25, 0.3) is 0 Å². The highest BCUT2D eigenvalue weighted by Gasteiger charge is 2.40. The summed E-state index contributed by atoms with van der Waals surface area (Å²) in [4.78, 5) is 21.2. The van der Waals surface area contributed by atoms with Crippen molar-refractivity contribution in [3.05, 3.63) is 0 Å². The maximum Gasteiger partial charge on any atom is 0.164 e. The zero-order valence-electron chi connectivity index (χ0n) is 8.02. The molecular weight excluding hydrogens is 172 g/mol. The highest BCUT2D eigenvalue weighted by atomic mass is 16.7. The molecule has 1 aliphatic rings. The molecule has 0 N–H and O–H groups in total. The molecule has 74 valence electrons. The van der Waals surface area contributed by atoms with Gasteiger partial charge in [-0.15, -0.1) is 0 Å². The number of rotatable bonds is 2. The van der Waals surface area contributed by atoms with Crippen LogP contribution in [0.3, 0.4) is 0 Å². The Kier molecular flexibility index (Phi) is 2.83. The molecule has 0 aromatic carbocycles. The largest absolute Gasteiger partial charge is 0.339 e. The average Bonchev–Trinajstić information content (AvgIpc) is 2.08. The average molecular weight is 186 g/mol. The molecule has 1 saturated heterocycles. The van der Waals surface area contributed by atoms with E-state index >= 15 is 0 Å². The summed E-state index contributed by atoms with van der Waals surface area (Å²) < 4.78 is 10.6. The zero-order valence-corrected chi connectivity index (χ0v) is 8.02. The standard InChI is InChI=1S/C9H14O4/c1-6-7(4-10)12-9(2,3)13-8(6)5-11/h4-8H,1-3H3. The van der Waals surface area contributed by atoms with E-state index in [0.29, 0.717) is 12.6 Å². The molecule has 4 heteroatoms. The number of carbonyl (C=O) groups excluding carboxylic acids is 2. The van der Waals surface area contributed by atoms with Gasteiger partial charge in [0.15, 0.2) is 5.79 Å². The summed E-state index contributed by atoms with van der Waals surface area (Å²) in [7, 11) is 0. The lowest BCUT2D eigenvalue weighted by molar-refractivity contribution is -0.299. The van der Waals surface area contributed by atoms with Crippen molar-refractivity contribution in [3.8, 4) is 0 Å². The Labute approximate surface area is 77.2 Å². The first-order valence-electron chi connectivity index (χ1n) is 4.26. The van der Waals surface area contributed by atoms with Crippen LogP contribution in [0, 0.1) is 5.92 Å². The summed E-state index contributed by atoms with van der Waals surface area (Å²) in [5.74, 6) is -1.08. The van der Waals surface area contributed by atoms with Gasteiger partial charge in [0.25, 0.3) is 0 Å². The van der Waals surface area contributed by atoms with Gasteiger partial charge in [-0.1, -0.05) is 6.92 Å². The first-order valence-corrected chi connectivity index (χ1v) is 4.26. The Balaban J connectivity index is 2.79. The van der Waals surface area contributed by atoms with Crippen molar-refractivity contribution in [2.75, 3.05) is 0 Å². The number of carbonyl (C=O) groups is 2. The van der Waals surface area contributed by atoms with Crippen LogP contribution in [0.2, 0.25) is 0 Å². The fourth-order valence-electron chi connectivity index (χ4n) is 1.39. The molecule has 13 heavy (non-hydrogen) atoms. The van der Waals surface area contributed by atoms with Gasteiger partial charge in [-0.3, -0.25) is 0 Å². The molecule has 0 spiro atoms. The van der Waals surface area contributed by atoms with Crippen LogP contribution in [-0.2, 0) is 19.1 Å². The van der Waals surface area contributed by atoms with Crippen LogP contribution < -0.4 is 0 Å². The molecule has 0 aromatic rings. The van der Waals surface area contributed by atoms with Gasteiger partial charge in [-0.25, -0.2) is 0 Å². The summed E-state index contributed by atoms with van der Waals surface area (Å²) in [5, 5.41) is 0. The Hall–Kier alpha value is -0.740. The predicted molar refractivity (Wildman–Crippen MR) is 45.1 cm³/mol. The van der Waals surface area contributed by atoms with Crippen LogP contribution in [0.15, 0.2) is 0 Å². The second-order valence-electron chi connectivity index (χ2n) is 3.70. The van der Waals surface area contributed by atoms with Crippen molar-refractivity contribution >= 4 is 12.6 Å². The van der Waals surface area contributed by atoms with Gasteiger partial charge >= 0.3 is 0 Å². The molecule has 1 rings (SSSR count). The first-order chi connectivity index (χ1) is 6.00. The molecule has 4 nitrogen and oxygen atoms in total. The van der Waals surface area contributed by atoms with E-state index in [2.05, 4.69) is 0 Å². The van der Waals surface area contributed by atoms with Gasteiger partial charge in [0.1, 0.15) is 24.8 Å². The topological polar surface area (TPSA) is 52.6 Å². The first kappa shape index (κ1) is 10.3. The minimum absolute atomic E-state index is 0.219. The number of hydrogen-bond acceptors (Lipinski definition) is 4. The normalized spacial score (nSPS) is 38.2. The molecule has 0 aliphatic carbocycles. The highest BCUT2D eigenvalue weighted by Crippen LogP contribution is 2.28. The molecule has 1 aliphatic heterocycles. The number of aldehydes is 2. The van der Waals surface area contributed by atoms with Gasteiger partial charge in [-0.05, 0) is 13.8 Å². The predicted octanol–water partition coefficient (Wildman–Crippen LogP) is 0.540. The monoisotopic (exact) mass is 186 g/mol. The van der Waals surface area contributed by atoms with E-state index in [9.17, 15) is 9.59 Å². The van der Waals surface area contributed by atoms with E-state index in [1.807, 2.05) is 0 Å². The van der Waals surface area contributed by atoms with Gasteiger partial charge < -0.3 is 19.1 Å². The van der Waals surface area contributed by atoms with Crippen LogP contribution in [0.1, 0.15) is 20.8 Å². The summed E-state index contributed by atoms with van der Waals surface area (Å²) in [6.07, 6.45) is 0.314. The van der Waals surface area contributed by atoms with Gasteiger partial charge in [0.2, 0.25) is 0 Å². The minimum Gasteiger partial charge on any atom is -0.339 e. The lowest BCUT2D eigenvalue weighted by atomic mass is 9.97. The summed E-state index contributed by atoms with van der Waals surface area (Å²) in [6, 6.07) is 0. The molecule has 1 fully saturated rings. The van der Waals surface area contributed by atoms with Crippen LogP contribution in [-0.4, -0.2) is 30.6 Å². The Morgan fingerprint density at radius 3 is 1.77 bits per heavy atom. The summed E-state index contributed by atoms with van der Waals surface area (Å²) >= 11 is 0. The van der Waals surface area contributed by atoms with Crippen LogP contribution >= 0.6 is 0 Å². The molecule has 0 saturated carbocycles. The maximum absolute atomic E-state index is 10.6. The van der Waals surface area contributed by atoms with E-state index in [4.69, 9.17) is 9.47 Å². The number of ether oxygens (including phenoxy) is 2. The van der Waals surface area contributed by atoms with E-state index in [0.717, 1.165) is 0 Å². The molecule has 1 heterocycles. The second kappa shape index (κ2) is 3.55. The Bertz CT molecular complexity index is 192. The molecule has 0 amide bonds. The number of hydrogen-bond donors (Lipinski definition) is 0. The van der Waals surface area contributed by atoms with Crippen molar-refractivity contribution in [1.82, 2.24) is 0 Å². The van der Waals surface area contributed by atoms with Crippen LogP contribution in [0.5, 0.6) is 0 Å². The van der Waals surface area contributed by atoms with E-state index in [-0.39, 0.29) is 5.92 Å². The SMILES string of the molecule is CC1C(C=O)OC(C)(C)OC1C=O. The zero-order chi connectivity index (χ0) is 10.1. The molecule has 2 unspecified atom stereocenters. The summed E-state index contributed by atoms with van der Waals surface area (Å²) in [6.45, 7) is 5.13. The quantitative estimate of drug-likeness (QED) is 0.591. The lowest BCUT2D eigenvalue weighted by Crippen LogP contribution is -2.51.